The molecule has 0 atom stereocenters. The molecule has 0 N–H and O–H groups in total. The fourth-order valence-corrected chi connectivity index (χ4v) is 6.38. The predicted molar refractivity (Wildman–Crippen MR) is 172 cm³/mol. The number of pyridine rings is 1. The summed E-state index contributed by atoms with van der Waals surface area (Å²) in [5, 5.41) is 0. The number of halogens is 5. The average Bonchev–Trinajstić information content (AvgIpc) is 3.49. The van der Waals surface area contributed by atoms with Crippen molar-refractivity contribution in [2.24, 2.45) is 0 Å². The summed E-state index contributed by atoms with van der Waals surface area (Å²) < 4.78 is 72.2. The predicted octanol–water partition coefficient (Wildman–Crippen LogP) is 8.68. The number of hydrogen-bond acceptors (Lipinski definition) is 5. The van der Waals surface area contributed by atoms with Crippen LogP contribution in [0.3, 0.4) is 0 Å². The number of ketones is 1. The van der Waals surface area contributed by atoms with E-state index in [-0.39, 0.29) is 24.5 Å². The second-order valence-corrected chi connectivity index (χ2v) is 25.3. The summed E-state index contributed by atoms with van der Waals surface area (Å²) in [6.07, 6.45) is -2.37. The summed E-state index contributed by atoms with van der Waals surface area (Å²) in [6.45, 7) is 14.4. The van der Waals surface area contributed by atoms with Crippen LogP contribution in [0.1, 0.15) is 21.6 Å². The number of imidazole rings is 1. The fraction of sp³-hybridized carbons (Fsp3) is 0.433. The molecule has 4 rings (SSSR count). The molecule has 0 unspecified atom stereocenters. The van der Waals surface area contributed by atoms with E-state index in [1.165, 1.54) is 24.4 Å². The molecule has 0 spiro atoms. The highest BCUT2D eigenvalue weighted by Gasteiger charge is 2.37. The van der Waals surface area contributed by atoms with Crippen molar-refractivity contribution in [3.05, 3.63) is 69.8 Å². The van der Waals surface area contributed by atoms with Crippen LogP contribution in [0.4, 0.5) is 17.6 Å². The van der Waals surface area contributed by atoms with Crippen LogP contribution in [0.2, 0.25) is 51.4 Å². The van der Waals surface area contributed by atoms with E-state index in [0.29, 0.717) is 34.7 Å². The molecule has 0 amide bonds. The van der Waals surface area contributed by atoms with Crippen molar-refractivity contribution in [3.63, 3.8) is 0 Å². The van der Waals surface area contributed by atoms with Crippen LogP contribution in [-0.2, 0) is 29.1 Å². The zero-order valence-electron chi connectivity index (χ0n) is 25.7. The minimum absolute atomic E-state index is 0.00722. The molecule has 0 aliphatic heterocycles. The fourth-order valence-electron chi connectivity index (χ4n) is 4.45. The second-order valence-electron chi connectivity index (χ2n) is 13.1. The molecule has 3 aromatic heterocycles. The normalized spacial score (nSPS) is 12.8. The van der Waals surface area contributed by atoms with Gasteiger partial charge in [-0.25, -0.2) is 9.37 Å². The van der Waals surface area contributed by atoms with Crippen molar-refractivity contribution in [3.8, 4) is 11.5 Å². The first-order valence-corrected chi connectivity index (χ1v) is 22.4. The molecule has 0 radical (unpaired) electrons. The molecule has 0 bridgehead atoms. The van der Waals surface area contributed by atoms with E-state index in [1.807, 2.05) is 0 Å². The second kappa shape index (κ2) is 13.4. The number of rotatable bonds is 13. The lowest BCUT2D eigenvalue weighted by molar-refractivity contribution is -0.141. The third kappa shape index (κ3) is 8.53. The Hall–Kier alpha value is -2.66. The molecule has 7 nitrogen and oxygen atoms in total. The summed E-state index contributed by atoms with van der Waals surface area (Å²) in [6, 6.07) is 8.70. The maximum atomic E-state index is 15.1. The van der Waals surface area contributed by atoms with Crippen molar-refractivity contribution in [1.29, 1.82) is 0 Å². The van der Waals surface area contributed by atoms with Crippen LogP contribution in [0.5, 0.6) is 0 Å². The zero-order valence-corrected chi connectivity index (χ0v) is 29.3. The van der Waals surface area contributed by atoms with E-state index in [1.54, 1.807) is 15.2 Å². The largest absolute Gasteiger partial charge is 0.434 e. The van der Waals surface area contributed by atoms with Gasteiger partial charge in [0.1, 0.15) is 19.0 Å². The van der Waals surface area contributed by atoms with Gasteiger partial charge < -0.3 is 14.0 Å². The lowest BCUT2D eigenvalue weighted by Gasteiger charge is -2.17. The number of fused-ring (bicyclic) bond motifs is 1. The van der Waals surface area contributed by atoms with Crippen molar-refractivity contribution in [2.75, 3.05) is 13.2 Å². The van der Waals surface area contributed by atoms with Gasteiger partial charge >= 0.3 is 6.18 Å². The topological polar surface area (TPSA) is 71.2 Å². The Labute approximate surface area is 264 Å². The summed E-state index contributed by atoms with van der Waals surface area (Å²) >= 11 is 3.35. The number of hydrogen-bond donors (Lipinski definition) is 0. The lowest BCUT2D eigenvalue weighted by Crippen LogP contribution is -2.22. The highest BCUT2D eigenvalue weighted by atomic mass is 79.9. The van der Waals surface area contributed by atoms with Gasteiger partial charge in [0.25, 0.3) is 0 Å². The lowest BCUT2D eigenvalue weighted by atomic mass is 10.0. The van der Waals surface area contributed by atoms with Crippen molar-refractivity contribution < 1.29 is 31.8 Å². The first kappa shape index (κ1) is 34.2. The van der Waals surface area contributed by atoms with Crippen LogP contribution < -0.4 is 0 Å². The van der Waals surface area contributed by atoms with E-state index >= 15 is 4.39 Å². The van der Waals surface area contributed by atoms with Gasteiger partial charge in [0.05, 0.1) is 16.8 Å². The van der Waals surface area contributed by atoms with Gasteiger partial charge in [-0.15, -0.1) is 0 Å². The van der Waals surface area contributed by atoms with Gasteiger partial charge in [0, 0.05) is 51.8 Å². The molecular formula is C30H37BrF4N4O3Si2. The van der Waals surface area contributed by atoms with E-state index in [0.717, 1.165) is 24.4 Å². The van der Waals surface area contributed by atoms with E-state index in [4.69, 9.17) is 9.47 Å². The molecular weight excluding hydrogens is 676 g/mol. The Morgan fingerprint density at radius 1 is 0.977 bits per heavy atom. The van der Waals surface area contributed by atoms with Crippen molar-refractivity contribution in [2.45, 2.75) is 71.0 Å². The number of alkyl halides is 3. The van der Waals surface area contributed by atoms with Crippen molar-refractivity contribution >= 4 is 48.9 Å². The molecule has 238 valence electrons. The maximum absolute atomic E-state index is 15.1. The molecule has 0 aliphatic rings. The van der Waals surface area contributed by atoms with Gasteiger partial charge in [-0.1, -0.05) is 55.2 Å². The Morgan fingerprint density at radius 2 is 1.61 bits per heavy atom. The third-order valence-corrected chi connectivity index (χ3v) is 10.8. The Balaban J connectivity index is 1.81. The zero-order chi connectivity index (χ0) is 32.4. The molecule has 3 heterocycles. The molecule has 44 heavy (non-hydrogen) atoms. The maximum Gasteiger partial charge on any atom is 0.434 e. The van der Waals surface area contributed by atoms with Gasteiger partial charge in [0.15, 0.2) is 23.1 Å². The number of carbonyl (C=O) groups excluding carboxylic acids is 1. The Morgan fingerprint density at radius 3 is 2.23 bits per heavy atom. The van der Waals surface area contributed by atoms with Crippen LogP contribution in [-0.4, -0.2) is 54.2 Å². The van der Waals surface area contributed by atoms with Crippen LogP contribution in [0.15, 0.2) is 47.2 Å². The van der Waals surface area contributed by atoms with E-state index in [2.05, 4.69) is 65.2 Å². The third-order valence-electron chi connectivity index (χ3n) is 6.92. The SMILES string of the molecule is C[Si](C)(C)CCOCn1cc(C(=O)c2cccnc2C(F)(F)F)cc1-c1nc2c(F)cc(Br)cc2n1COCC[Si](C)(C)C. The number of nitrogens with zero attached hydrogens (tertiary/aromatic N) is 4. The number of benzene rings is 1. The smallest absolute Gasteiger partial charge is 0.361 e. The Kier molecular flexibility index (Phi) is 10.4. The van der Waals surface area contributed by atoms with Gasteiger partial charge in [0.2, 0.25) is 0 Å². The average molecular weight is 714 g/mol. The Bertz CT molecular complexity index is 1640. The molecule has 4 aromatic rings. The highest BCUT2D eigenvalue weighted by Crippen LogP contribution is 2.34. The first-order chi connectivity index (χ1) is 20.4. The highest BCUT2D eigenvalue weighted by molar-refractivity contribution is 9.10. The van der Waals surface area contributed by atoms with Crippen LogP contribution in [0, 0.1) is 5.82 Å². The molecule has 0 fully saturated rings. The van der Waals surface area contributed by atoms with E-state index < -0.39 is 45.2 Å². The summed E-state index contributed by atoms with van der Waals surface area (Å²) in [5.41, 5.74) is -0.899. The molecule has 1 aromatic carbocycles. The quantitative estimate of drug-likeness (QED) is 0.0601. The summed E-state index contributed by atoms with van der Waals surface area (Å²) in [7, 11) is -2.79. The standard InChI is InChI=1S/C30H37BrF4N4O3Si2/c1-43(2,3)12-10-41-18-38-17-20(27(40)22-8-7-9-36-28(22)30(33,34)35)14-25(38)29-37-26-23(32)15-21(31)16-24(26)39(29)19-42-11-13-44(4,5)6/h7-9,14-17H,10-13,18-19H2,1-6H3. The number of ether oxygens (including phenoxy) is 2. The van der Waals surface area contributed by atoms with Crippen LogP contribution in [0.25, 0.3) is 22.6 Å². The molecule has 0 saturated heterocycles. The minimum Gasteiger partial charge on any atom is -0.361 e. The molecule has 0 aliphatic carbocycles. The number of aromatic nitrogens is 4. The van der Waals surface area contributed by atoms with Crippen molar-refractivity contribution in [1.82, 2.24) is 19.1 Å². The van der Waals surface area contributed by atoms with Gasteiger partial charge in [-0.3, -0.25) is 14.3 Å². The van der Waals surface area contributed by atoms with E-state index in [9.17, 15) is 18.0 Å². The first-order valence-electron chi connectivity index (χ1n) is 14.2. The van der Waals surface area contributed by atoms with Gasteiger partial charge in [-0.2, -0.15) is 13.2 Å². The molecule has 0 saturated carbocycles. The van der Waals surface area contributed by atoms with Gasteiger partial charge in [-0.05, 0) is 42.4 Å². The number of carbonyl (C=O) groups is 1. The monoisotopic (exact) mass is 712 g/mol. The summed E-state index contributed by atoms with van der Waals surface area (Å²) in [4.78, 5) is 21.6. The van der Waals surface area contributed by atoms with Crippen LogP contribution >= 0.6 is 15.9 Å². The molecule has 14 heteroatoms. The minimum atomic E-state index is -4.82. The summed E-state index contributed by atoms with van der Waals surface area (Å²) in [5.74, 6) is -1.11.